The van der Waals surface area contributed by atoms with Crippen molar-refractivity contribution in [2.24, 2.45) is 0 Å². The topological polar surface area (TPSA) is 38.7 Å². The lowest BCUT2D eigenvalue weighted by Gasteiger charge is -1.86. The van der Waals surface area contributed by atoms with Gasteiger partial charge in [0, 0.05) is 22.6 Å². The average molecular weight is 221 g/mol. The van der Waals surface area contributed by atoms with Crippen LogP contribution in [-0.2, 0) is 0 Å². The van der Waals surface area contributed by atoms with Crippen molar-refractivity contribution in [2.45, 2.75) is 6.92 Å². The van der Waals surface area contributed by atoms with Crippen LogP contribution in [0.3, 0.4) is 0 Å². The Morgan fingerprint density at radius 3 is 2.75 bits per heavy atom. The summed E-state index contributed by atoms with van der Waals surface area (Å²) in [5.41, 5.74) is 0.907. The number of aryl methyl sites for hydroxylation is 1. The normalized spacial score (nSPS) is 9.25. The molecule has 8 heavy (non-hydrogen) atoms. The Kier molecular flexibility index (Phi) is 1.72. The van der Waals surface area contributed by atoms with E-state index in [0.29, 0.717) is 3.83 Å². The Bertz CT molecular complexity index is 171. The molecule has 0 aliphatic rings. The third-order valence-corrected chi connectivity index (χ3v) is 1.11. The summed E-state index contributed by atoms with van der Waals surface area (Å²) in [5.74, 6) is 0. The number of rotatable bonds is 0. The average Bonchev–Trinajstić information content (AvgIpc) is 1.64. The van der Waals surface area contributed by atoms with Gasteiger partial charge in [-0.15, -0.1) is 5.10 Å². The second-order valence-corrected chi connectivity index (χ2v) is 2.33. The minimum absolute atomic E-state index is 0.697. The lowest BCUT2D eigenvalue weighted by molar-refractivity contribution is 0.903. The van der Waals surface area contributed by atoms with Gasteiger partial charge < -0.3 is 0 Å². The van der Waals surface area contributed by atoms with Crippen molar-refractivity contribution in [3.63, 3.8) is 0 Å². The molecule has 0 saturated heterocycles. The molecule has 0 bridgehead atoms. The van der Waals surface area contributed by atoms with Crippen LogP contribution in [0.25, 0.3) is 0 Å². The summed E-state index contributed by atoms with van der Waals surface area (Å²) in [7, 11) is 0. The predicted octanol–water partition coefficient (Wildman–Crippen LogP) is 0.785. The van der Waals surface area contributed by atoms with Crippen LogP contribution in [0.2, 0.25) is 0 Å². The van der Waals surface area contributed by atoms with E-state index in [9.17, 15) is 0 Å². The fraction of sp³-hybridized carbons (Fsp3) is 0.250. The SMILES string of the molecule is Cc1cnnc(I)n1. The van der Waals surface area contributed by atoms with E-state index >= 15 is 0 Å². The quantitative estimate of drug-likeness (QED) is 0.607. The molecule has 1 heterocycles. The maximum absolute atomic E-state index is 3.99. The zero-order chi connectivity index (χ0) is 5.98. The summed E-state index contributed by atoms with van der Waals surface area (Å²) < 4.78 is 0.697. The molecule has 0 spiro atoms. The van der Waals surface area contributed by atoms with Crippen LogP contribution in [0.5, 0.6) is 0 Å². The first-order valence-corrected chi connectivity index (χ1v) is 3.19. The Morgan fingerprint density at radius 2 is 2.38 bits per heavy atom. The second-order valence-electron chi connectivity index (χ2n) is 1.37. The molecule has 0 radical (unpaired) electrons. The molecule has 0 saturated carbocycles. The number of halogens is 1. The minimum atomic E-state index is 0.697. The molecule has 0 aliphatic carbocycles. The molecule has 42 valence electrons. The van der Waals surface area contributed by atoms with Crippen LogP contribution in [0, 0.1) is 10.8 Å². The van der Waals surface area contributed by atoms with E-state index in [1.807, 2.05) is 29.5 Å². The van der Waals surface area contributed by atoms with Crippen LogP contribution < -0.4 is 0 Å². The Morgan fingerprint density at radius 1 is 1.62 bits per heavy atom. The molecule has 0 fully saturated rings. The molecule has 0 N–H and O–H groups in total. The van der Waals surface area contributed by atoms with E-state index in [2.05, 4.69) is 15.2 Å². The number of aromatic nitrogens is 3. The summed E-state index contributed by atoms with van der Waals surface area (Å²) >= 11 is 2.02. The fourth-order valence-corrected chi connectivity index (χ4v) is 0.862. The second kappa shape index (κ2) is 2.34. The molecular weight excluding hydrogens is 217 g/mol. The van der Waals surface area contributed by atoms with Gasteiger partial charge in [0.25, 0.3) is 0 Å². The Hall–Kier alpha value is -0.260. The monoisotopic (exact) mass is 221 g/mol. The van der Waals surface area contributed by atoms with E-state index in [0.717, 1.165) is 5.69 Å². The molecule has 0 aromatic carbocycles. The Labute approximate surface area is 60.7 Å². The molecule has 3 nitrogen and oxygen atoms in total. The summed E-state index contributed by atoms with van der Waals surface area (Å²) in [4.78, 5) is 3.99. The van der Waals surface area contributed by atoms with E-state index < -0.39 is 0 Å². The lowest BCUT2D eigenvalue weighted by Crippen LogP contribution is -1.91. The van der Waals surface area contributed by atoms with Gasteiger partial charge in [0.05, 0.1) is 11.9 Å². The highest BCUT2D eigenvalue weighted by atomic mass is 127. The van der Waals surface area contributed by atoms with Gasteiger partial charge in [-0.1, -0.05) is 0 Å². The smallest absolute Gasteiger partial charge is 0.212 e. The van der Waals surface area contributed by atoms with Crippen molar-refractivity contribution in [3.8, 4) is 0 Å². The van der Waals surface area contributed by atoms with Crippen molar-refractivity contribution < 1.29 is 0 Å². The molecule has 0 unspecified atom stereocenters. The largest absolute Gasteiger partial charge is 0.225 e. The van der Waals surface area contributed by atoms with Gasteiger partial charge in [-0.05, 0) is 6.92 Å². The molecular formula is C4H4IN3. The summed E-state index contributed by atoms with van der Waals surface area (Å²) in [5, 5.41) is 7.33. The van der Waals surface area contributed by atoms with Gasteiger partial charge in [0.1, 0.15) is 0 Å². The van der Waals surface area contributed by atoms with E-state index in [4.69, 9.17) is 0 Å². The first-order valence-electron chi connectivity index (χ1n) is 2.11. The molecule has 0 amide bonds. The predicted molar refractivity (Wildman–Crippen MR) is 37.3 cm³/mol. The van der Waals surface area contributed by atoms with Gasteiger partial charge in [0.2, 0.25) is 3.83 Å². The maximum atomic E-state index is 3.99. The van der Waals surface area contributed by atoms with Crippen molar-refractivity contribution in [2.75, 3.05) is 0 Å². The van der Waals surface area contributed by atoms with Gasteiger partial charge in [-0.3, -0.25) is 0 Å². The van der Waals surface area contributed by atoms with Crippen molar-refractivity contribution >= 4 is 22.6 Å². The van der Waals surface area contributed by atoms with Crippen molar-refractivity contribution in [1.29, 1.82) is 0 Å². The van der Waals surface area contributed by atoms with Crippen LogP contribution in [-0.4, -0.2) is 15.2 Å². The maximum Gasteiger partial charge on any atom is 0.212 e. The van der Waals surface area contributed by atoms with Crippen molar-refractivity contribution in [1.82, 2.24) is 15.2 Å². The number of nitrogens with zero attached hydrogens (tertiary/aromatic N) is 3. The summed E-state index contributed by atoms with van der Waals surface area (Å²) in [6, 6.07) is 0. The van der Waals surface area contributed by atoms with E-state index in [-0.39, 0.29) is 0 Å². The highest BCUT2D eigenvalue weighted by Gasteiger charge is 1.86. The van der Waals surface area contributed by atoms with Crippen molar-refractivity contribution in [3.05, 3.63) is 15.7 Å². The zero-order valence-electron chi connectivity index (χ0n) is 4.30. The number of hydrogen-bond acceptors (Lipinski definition) is 3. The van der Waals surface area contributed by atoms with E-state index in [1.54, 1.807) is 6.20 Å². The standard InChI is InChI=1S/C4H4IN3/c1-3-2-6-8-4(5)7-3/h2H,1H3. The highest BCUT2D eigenvalue weighted by Crippen LogP contribution is 1.92. The first-order chi connectivity index (χ1) is 3.79. The van der Waals surface area contributed by atoms with Gasteiger partial charge in [-0.25, -0.2) is 4.98 Å². The van der Waals surface area contributed by atoms with Crippen LogP contribution in [0.1, 0.15) is 5.69 Å². The first kappa shape index (κ1) is 5.87. The summed E-state index contributed by atoms with van der Waals surface area (Å²) in [6.45, 7) is 1.89. The van der Waals surface area contributed by atoms with Gasteiger partial charge >= 0.3 is 0 Å². The van der Waals surface area contributed by atoms with E-state index in [1.165, 1.54) is 0 Å². The lowest BCUT2D eigenvalue weighted by atomic mass is 10.6. The molecule has 1 rings (SSSR count). The fourth-order valence-electron chi connectivity index (χ4n) is 0.357. The third-order valence-electron chi connectivity index (χ3n) is 0.653. The molecule has 1 aromatic heterocycles. The van der Waals surface area contributed by atoms with Crippen LogP contribution in [0.4, 0.5) is 0 Å². The number of hydrogen-bond donors (Lipinski definition) is 0. The Balaban J connectivity index is 3.08. The molecule has 4 heteroatoms. The minimum Gasteiger partial charge on any atom is -0.225 e. The highest BCUT2D eigenvalue weighted by molar-refractivity contribution is 14.1. The molecule has 0 atom stereocenters. The van der Waals surface area contributed by atoms with Crippen LogP contribution in [0.15, 0.2) is 6.20 Å². The zero-order valence-corrected chi connectivity index (χ0v) is 6.45. The molecule has 0 aliphatic heterocycles. The van der Waals surface area contributed by atoms with Crippen LogP contribution >= 0.6 is 22.6 Å². The third kappa shape index (κ3) is 1.36. The van der Waals surface area contributed by atoms with Gasteiger partial charge in [0.15, 0.2) is 0 Å². The molecule has 1 aromatic rings. The van der Waals surface area contributed by atoms with Gasteiger partial charge in [-0.2, -0.15) is 5.10 Å². The summed E-state index contributed by atoms with van der Waals surface area (Å²) in [6.07, 6.45) is 1.63.